The molecule has 3 aliphatic carbocycles. The van der Waals surface area contributed by atoms with Gasteiger partial charge in [0.25, 0.3) is 0 Å². The van der Waals surface area contributed by atoms with Crippen LogP contribution in [0.2, 0.25) is 0 Å². The summed E-state index contributed by atoms with van der Waals surface area (Å²) in [7, 11) is 0. The number of fused-ring (bicyclic) bond motifs is 8. The van der Waals surface area contributed by atoms with Gasteiger partial charge in [-0.1, -0.05) is 232 Å². The summed E-state index contributed by atoms with van der Waals surface area (Å²) < 4.78 is 0. The van der Waals surface area contributed by atoms with Gasteiger partial charge >= 0.3 is 0 Å². The molecule has 3 aliphatic rings. The van der Waals surface area contributed by atoms with E-state index in [9.17, 15) is 0 Å². The maximum absolute atomic E-state index is 5.38. The topological polar surface area (TPSA) is 38.7 Å². The lowest BCUT2D eigenvalue weighted by atomic mass is 9.67. The lowest BCUT2D eigenvalue weighted by Crippen LogP contribution is -2.28. The molecule has 0 spiro atoms. The molecule has 0 saturated heterocycles. The van der Waals surface area contributed by atoms with E-state index in [1.165, 1.54) is 83.5 Å². The molecule has 3 nitrogen and oxygen atoms in total. The first-order chi connectivity index (χ1) is 35.9. The summed E-state index contributed by atoms with van der Waals surface area (Å²) in [5.41, 5.74) is 22.1. The van der Waals surface area contributed by atoms with E-state index >= 15 is 0 Å². The molecular weight excluding hydrogens is 883 g/mol. The molecule has 0 saturated carbocycles. The van der Waals surface area contributed by atoms with Crippen molar-refractivity contribution in [2.45, 2.75) is 31.1 Å². The van der Waals surface area contributed by atoms with Gasteiger partial charge in [-0.3, -0.25) is 0 Å². The van der Waals surface area contributed by atoms with Crippen LogP contribution in [0.25, 0.3) is 102 Å². The maximum Gasteiger partial charge on any atom is 0.164 e. The molecule has 0 unspecified atom stereocenters. The number of hydrogen-bond donors (Lipinski definition) is 0. The third-order valence-electron chi connectivity index (χ3n) is 15.8. The van der Waals surface area contributed by atoms with Gasteiger partial charge in [0.2, 0.25) is 0 Å². The Labute approximate surface area is 426 Å². The summed E-state index contributed by atoms with van der Waals surface area (Å²) in [4.78, 5) is 16.1. The van der Waals surface area contributed by atoms with Gasteiger partial charge in [-0.25, -0.2) is 15.0 Å². The maximum atomic E-state index is 5.38. The van der Waals surface area contributed by atoms with Crippen LogP contribution in [-0.4, -0.2) is 15.0 Å². The summed E-state index contributed by atoms with van der Waals surface area (Å²) >= 11 is 0. The Hall–Kier alpha value is -9.05. The van der Waals surface area contributed by atoms with E-state index in [0.29, 0.717) is 17.5 Å². The first-order valence-electron chi connectivity index (χ1n) is 25.4. The van der Waals surface area contributed by atoms with Crippen molar-refractivity contribution in [3.05, 3.63) is 281 Å². The van der Waals surface area contributed by atoms with Crippen LogP contribution in [-0.2, 0) is 10.8 Å². The van der Waals surface area contributed by atoms with Crippen LogP contribution in [0.15, 0.2) is 237 Å². The van der Waals surface area contributed by atoms with Crippen molar-refractivity contribution in [3.63, 3.8) is 0 Å². The molecule has 11 aromatic rings. The van der Waals surface area contributed by atoms with Crippen LogP contribution in [0.5, 0.6) is 0 Å². The number of hydrogen-bond acceptors (Lipinski definition) is 3. The second-order valence-electron chi connectivity index (χ2n) is 20.2. The van der Waals surface area contributed by atoms with Crippen molar-refractivity contribution in [1.82, 2.24) is 15.0 Å². The summed E-state index contributed by atoms with van der Waals surface area (Å²) in [5.74, 6) is 1.94. The van der Waals surface area contributed by atoms with Crippen LogP contribution in [0.3, 0.4) is 0 Å². The van der Waals surface area contributed by atoms with Crippen LogP contribution >= 0.6 is 0 Å². The second-order valence-corrected chi connectivity index (χ2v) is 20.2. The summed E-state index contributed by atoms with van der Waals surface area (Å²) in [6.07, 6.45) is 9.82. The Balaban J connectivity index is 0.900. The van der Waals surface area contributed by atoms with E-state index in [1.807, 2.05) is 0 Å². The highest BCUT2D eigenvalue weighted by atomic mass is 15.0. The fourth-order valence-corrected chi connectivity index (χ4v) is 12.3. The smallest absolute Gasteiger partial charge is 0.164 e. The standard InChI is InChI=1S/C70H49N3/c1-69(2)62-29-17-15-27-57(62)59-38-36-51(44-64(59)69)67-71-66(72-68(73-67)61-40-39-54(45-19-7-3-8-20-45)55-25-13-6-14-26-56(55)61)50-34-33-46-41-47(31-32-48(46)42-50)49-35-37-60-58-28-16-18-30-63(58)70(65(60)43-49,52-21-9-4-10-22-52)53-23-11-5-12-24-53/h3-5,7-44H,6H2,1-2H3. The summed E-state index contributed by atoms with van der Waals surface area (Å²) in [5, 5.41) is 2.27. The first kappa shape index (κ1) is 42.8. The van der Waals surface area contributed by atoms with Gasteiger partial charge in [0.15, 0.2) is 17.5 Å². The van der Waals surface area contributed by atoms with E-state index < -0.39 is 5.41 Å². The van der Waals surface area contributed by atoms with Crippen molar-refractivity contribution in [1.29, 1.82) is 0 Å². The molecule has 14 rings (SSSR count). The van der Waals surface area contributed by atoms with E-state index in [-0.39, 0.29) is 5.41 Å². The Bertz CT molecular complexity index is 4030. The van der Waals surface area contributed by atoms with E-state index in [1.54, 1.807) is 0 Å². The Morgan fingerprint density at radius 2 is 0.753 bits per heavy atom. The van der Waals surface area contributed by atoms with Crippen LogP contribution in [0, 0.1) is 0 Å². The van der Waals surface area contributed by atoms with Crippen molar-refractivity contribution < 1.29 is 0 Å². The molecule has 0 radical (unpaired) electrons. The molecule has 344 valence electrons. The highest BCUT2D eigenvalue weighted by Crippen LogP contribution is 2.57. The largest absolute Gasteiger partial charge is 0.208 e. The normalized spacial score (nSPS) is 14.2. The minimum Gasteiger partial charge on any atom is -0.208 e. The molecule has 1 heterocycles. The third-order valence-corrected chi connectivity index (χ3v) is 15.8. The molecule has 0 N–H and O–H groups in total. The summed E-state index contributed by atoms with van der Waals surface area (Å²) in [6.45, 7) is 4.64. The van der Waals surface area contributed by atoms with Gasteiger partial charge in [0.05, 0.1) is 5.41 Å². The number of rotatable bonds is 7. The van der Waals surface area contributed by atoms with Crippen LogP contribution in [0.4, 0.5) is 0 Å². The van der Waals surface area contributed by atoms with E-state index in [4.69, 9.17) is 15.0 Å². The number of benzene rings is 10. The SMILES string of the molecule is CC1(C)c2ccccc2-c2ccc(-c3nc(-c4ccc5cc(-c6ccc7c(c6)C(c6ccccc6)(c6ccccc6)c6ccccc6-7)ccc5c4)nc(-c4ccc(-c5ccccc5)c5c4C=CCC=C5)n3)cc21. The van der Waals surface area contributed by atoms with Gasteiger partial charge < -0.3 is 0 Å². The first-order valence-corrected chi connectivity index (χ1v) is 25.4. The Morgan fingerprint density at radius 1 is 0.315 bits per heavy atom. The zero-order valence-electron chi connectivity index (χ0n) is 40.7. The minimum atomic E-state index is -0.463. The van der Waals surface area contributed by atoms with Crippen molar-refractivity contribution in [2.24, 2.45) is 0 Å². The lowest BCUT2D eigenvalue weighted by molar-refractivity contribution is 0.660. The van der Waals surface area contributed by atoms with Gasteiger partial charge in [-0.15, -0.1) is 0 Å². The average Bonchev–Trinajstić information content (AvgIpc) is 3.71. The number of allylic oxidation sites excluding steroid dienone is 2. The predicted octanol–water partition coefficient (Wildman–Crippen LogP) is 17.5. The van der Waals surface area contributed by atoms with Gasteiger partial charge in [0.1, 0.15) is 0 Å². The zero-order chi connectivity index (χ0) is 48.7. The highest BCUT2D eigenvalue weighted by molar-refractivity contribution is 5.94. The van der Waals surface area contributed by atoms with Crippen molar-refractivity contribution >= 4 is 22.9 Å². The van der Waals surface area contributed by atoms with E-state index in [2.05, 4.69) is 263 Å². The summed E-state index contributed by atoms with van der Waals surface area (Å²) in [6, 6.07) is 82.1. The fourth-order valence-electron chi connectivity index (χ4n) is 12.3. The second kappa shape index (κ2) is 16.8. The highest BCUT2D eigenvalue weighted by Gasteiger charge is 2.46. The Kier molecular flexibility index (Phi) is 9.84. The molecule has 0 atom stereocenters. The Morgan fingerprint density at radius 3 is 1.44 bits per heavy atom. The van der Waals surface area contributed by atoms with Gasteiger partial charge in [-0.05, 0) is 137 Å². The fraction of sp³-hybridized carbons (Fsp3) is 0.0714. The number of nitrogens with zero attached hydrogens (tertiary/aromatic N) is 3. The van der Waals surface area contributed by atoms with Crippen molar-refractivity contribution in [3.8, 4) is 78.7 Å². The molecule has 0 amide bonds. The monoisotopic (exact) mass is 931 g/mol. The molecule has 1 aromatic heterocycles. The number of aromatic nitrogens is 3. The van der Waals surface area contributed by atoms with Crippen LogP contribution < -0.4 is 0 Å². The quantitative estimate of drug-likeness (QED) is 0.160. The van der Waals surface area contributed by atoms with Gasteiger partial charge in [-0.2, -0.15) is 0 Å². The third kappa shape index (κ3) is 6.76. The molecule has 0 fully saturated rings. The van der Waals surface area contributed by atoms with Crippen LogP contribution in [0.1, 0.15) is 64.8 Å². The lowest BCUT2D eigenvalue weighted by Gasteiger charge is -2.34. The molecule has 73 heavy (non-hydrogen) atoms. The van der Waals surface area contributed by atoms with Gasteiger partial charge in [0, 0.05) is 22.1 Å². The molecule has 0 aliphatic heterocycles. The zero-order valence-corrected chi connectivity index (χ0v) is 40.7. The molecule has 0 bridgehead atoms. The van der Waals surface area contributed by atoms with E-state index in [0.717, 1.165) is 39.4 Å². The average molecular weight is 932 g/mol. The minimum absolute atomic E-state index is 0.169. The molecule has 10 aromatic carbocycles. The molecule has 3 heteroatoms. The molecular formula is C70H49N3. The van der Waals surface area contributed by atoms with Crippen molar-refractivity contribution in [2.75, 3.05) is 0 Å². The predicted molar refractivity (Wildman–Crippen MR) is 302 cm³/mol.